The minimum Gasteiger partial charge on any atom is -0.469 e. The Labute approximate surface area is 171 Å². The van der Waals surface area contributed by atoms with Crippen molar-refractivity contribution < 1.29 is 14.3 Å². The largest absolute Gasteiger partial charge is 0.469 e. The first-order valence-electron chi connectivity index (χ1n) is 11.9. The highest BCUT2D eigenvalue weighted by Gasteiger charge is 2.60. The van der Waals surface area contributed by atoms with Crippen molar-refractivity contribution in [1.29, 1.82) is 0 Å². The molecular weight excluding hydrogens is 348 g/mol. The van der Waals surface area contributed by atoms with Gasteiger partial charge in [-0.25, -0.2) is 0 Å². The van der Waals surface area contributed by atoms with Crippen LogP contribution in [0.25, 0.3) is 0 Å². The Morgan fingerprint density at radius 3 is 2.57 bits per heavy atom. The van der Waals surface area contributed by atoms with Crippen LogP contribution in [-0.2, 0) is 14.3 Å². The summed E-state index contributed by atoms with van der Waals surface area (Å²) >= 11 is 0. The maximum atomic E-state index is 12.1. The molecule has 4 aliphatic carbocycles. The molecule has 0 saturated heterocycles. The third-order valence-corrected chi connectivity index (χ3v) is 10.3. The molecular formula is C25H40O3. The van der Waals surface area contributed by atoms with Gasteiger partial charge < -0.3 is 4.74 Å². The van der Waals surface area contributed by atoms with Gasteiger partial charge in [-0.05, 0) is 97.7 Å². The second-order valence-electron chi connectivity index (χ2n) is 11.2. The quantitative estimate of drug-likeness (QED) is 0.571. The van der Waals surface area contributed by atoms with Crippen LogP contribution in [0.2, 0.25) is 0 Å². The fourth-order valence-corrected chi connectivity index (χ4v) is 8.67. The van der Waals surface area contributed by atoms with Crippen molar-refractivity contribution in [3.05, 3.63) is 0 Å². The average Bonchev–Trinajstić information content (AvgIpc) is 3.03. The fourth-order valence-electron chi connectivity index (χ4n) is 8.67. The van der Waals surface area contributed by atoms with Crippen molar-refractivity contribution in [1.82, 2.24) is 0 Å². The van der Waals surface area contributed by atoms with Crippen LogP contribution in [0.5, 0.6) is 0 Å². The van der Waals surface area contributed by atoms with Crippen LogP contribution in [0.3, 0.4) is 0 Å². The zero-order valence-corrected chi connectivity index (χ0v) is 18.5. The van der Waals surface area contributed by atoms with Crippen LogP contribution in [-0.4, -0.2) is 18.9 Å². The number of hydrogen-bond acceptors (Lipinski definition) is 3. The van der Waals surface area contributed by atoms with Crippen LogP contribution in [0.1, 0.15) is 91.4 Å². The summed E-state index contributed by atoms with van der Waals surface area (Å²) in [5.41, 5.74) is 0.858. The molecule has 0 aromatic carbocycles. The molecule has 0 aromatic heterocycles. The maximum absolute atomic E-state index is 12.1. The molecule has 0 amide bonds. The van der Waals surface area contributed by atoms with E-state index >= 15 is 0 Å². The van der Waals surface area contributed by atoms with Gasteiger partial charge in [-0.15, -0.1) is 0 Å². The number of hydrogen-bond donors (Lipinski definition) is 0. The standard InChI is InChI=1S/C25H40O3/c1-16(5-10-23(27)28-4)20-8-9-21-19-7-6-17-15-18(26)11-13-24(17,2)22(19)12-14-25(20,21)3/h16-17,19-22H,5-15H2,1-4H3/t16-,17+,19?,20+,21?,22?,24-,25+/m0/s1. The summed E-state index contributed by atoms with van der Waals surface area (Å²) < 4.78 is 4.87. The van der Waals surface area contributed by atoms with Gasteiger partial charge in [0.25, 0.3) is 0 Å². The molecule has 4 rings (SSSR count). The second-order valence-corrected chi connectivity index (χ2v) is 11.2. The minimum atomic E-state index is -0.0617. The number of carbonyl (C=O) groups is 2. The number of fused-ring (bicyclic) bond motifs is 5. The lowest BCUT2D eigenvalue weighted by Crippen LogP contribution is -2.53. The van der Waals surface area contributed by atoms with Crippen molar-refractivity contribution in [2.75, 3.05) is 7.11 Å². The fraction of sp³-hybridized carbons (Fsp3) is 0.920. The zero-order chi connectivity index (χ0) is 20.1. The third kappa shape index (κ3) is 3.16. The van der Waals surface area contributed by atoms with Gasteiger partial charge in [-0.1, -0.05) is 20.8 Å². The second kappa shape index (κ2) is 7.43. The maximum Gasteiger partial charge on any atom is 0.305 e. The first-order valence-corrected chi connectivity index (χ1v) is 11.9. The van der Waals surface area contributed by atoms with E-state index in [1.807, 2.05) is 0 Å². The molecule has 0 radical (unpaired) electrons. The van der Waals surface area contributed by atoms with Gasteiger partial charge in [-0.3, -0.25) is 9.59 Å². The van der Waals surface area contributed by atoms with Crippen LogP contribution < -0.4 is 0 Å². The van der Waals surface area contributed by atoms with E-state index in [2.05, 4.69) is 20.8 Å². The lowest BCUT2D eigenvalue weighted by atomic mass is 9.44. The van der Waals surface area contributed by atoms with Crippen molar-refractivity contribution in [2.45, 2.75) is 91.4 Å². The minimum absolute atomic E-state index is 0.0617. The van der Waals surface area contributed by atoms with Crippen molar-refractivity contribution in [3.63, 3.8) is 0 Å². The zero-order valence-electron chi connectivity index (χ0n) is 18.5. The SMILES string of the molecule is COC(=O)CC[C@H](C)[C@H]1CCC2C3CC[C@@H]4CC(=O)CC[C@]4(C)C3CC[C@@]21C. The molecule has 0 bridgehead atoms. The molecule has 28 heavy (non-hydrogen) atoms. The number of ketones is 1. The summed E-state index contributed by atoms with van der Waals surface area (Å²) in [4.78, 5) is 23.7. The topological polar surface area (TPSA) is 43.4 Å². The summed E-state index contributed by atoms with van der Waals surface area (Å²) in [6.45, 7) is 7.49. The Hall–Kier alpha value is -0.860. The van der Waals surface area contributed by atoms with E-state index in [0.717, 1.165) is 49.4 Å². The van der Waals surface area contributed by atoms with Gasteiger partial charge in [0.05, 0.1) is 7.11 Å². The van der Waals surface area contributed by atoms with E-state index < -0.39 is 0 Å². The van der Waals surface area contributed by atoms with E-state index in [4.69, 9.17) is 4.74 Å². The Balaban J connectivity index is 1.49. The predicted octanol–water partition coefficient (Wildman–Crippen LogP) is 5.80. The molecule has 0 N–H and O–H groups in total. The highest BCUT2D eigenvalue weighted by molar-refractivity contribution is 5.79. The van der Waals surface area contributed by atoms with Crippen LogP contribution in [0, 0.1) is 46.3 Å². The van der Waals surface area contributed by atoms with Crippen LogP contribution >= 0.6 is 0 Å². The Bertz CT molecular complexity index is 627. The first-order chi connectivity index (χ1) is 13.3. The summed E-state index contributed by atoms with van der Waals surface area (Å²) in [6.07, 6.45) is 12.4. The molecule has 3 heteroatoms. The van der Waals surface area contributed by atoms with Gasteiger partial charge >= 0.3 is 5.97 Å². The Morgan fingerprint density at radius 2 is 1.82 bits per heavy atom. The highest BCUT2D eigenvalue weighted by Crippen LogP contribution is 2.68. The van der Waals surface area contributed by atoms with E-state index in [-0.39, 0.29) is 5.97 Å². The molecule has 4 saturated carbocycles. The summed E-state index contributed by atoms with van der Waals surface area (Å²) in [5.74, 6) is 5.01. The van der Waals surface area contributed by atoms with Gasteiger partial charge in [0, 0.05) is 19.3 Å². The normalized spacial score (nSPS) is 46.3. The molecule has 158 valence electrons. The van der Waals surface area contributed by atoms with Gasteiger partial charge in [0.2, 0.25) is 0 Å². The van der Waals surface area contributed by atoms with E-state index in [1.54, 1.807) is 0 Å². The molecule has 0 heterocycles. The van der Waals surface area contributed by atoms with E-state index in [0.29, 0.717) is 34.9 Å². The number of esters is 1. The molecule has 3 unspecified atom stereocenters. The molecule has 3 nitrogen and oxygen atoms in total. The smallest absolute Gasteiger partial charge is 0.305 e. The van der Waals surface area contributed by atoms with Crippen molar-refractivity contribution >= 4 is 11.8 Å². The van der Waals surface area contributed by atoms with E-state index in [9.17, 15) is 9.59 Å². The van der Waals surface area contributed by atoms with Crippen LogP contribution in [0.15, 0.2) is 0 Å². The molecule has 8 atom stereocenters. The number of ether oxygens (including phenoxy) is 1. The Kier molecular flexibility index (Phi) is 5.42. The lowest BCUT2D eigenvalue weighted by Gasteiger charge is -2.60. The molecule has 4 aliphatic rings. The van der Waals surface area contributed by atoms with Crippen LogP contribution in [0.4, 0.5) is 0 Å². The van der Waals surface area contributed by atoms with E-state index in [1.165, 1.54) is 45.6 Å². The average molecular weight is 389 g/mol. The molecule has 0 aliphatic heterocycles. The summed E-state index contributed by atoms with van der Waals surface area (Å²) in [6, 6.07) is 0. The highest BCUT2D eigenvalue weighted by atomic mass is 16.5. The number of carbonyl (C=O) groups excluding carboxylic acids is 2. The summed E-state index contributed by atoms with van der Waals surface area (Å²) in [7, 11) is 1.50. The van der Waals surface area contributed by atoms with Crippen molar-refractivity contribution in [3.8, 4) is 0 Å². The van der Waals surface area contributed by atoms with Gasteiger partial charge in [-0.2, -0.15) is 0 Å². The molecule has 4 fully saturated rings. The third-order valence-electron chi connectivity index (χ3n) is 10.3. The number of methoxy groups -OCH3 is 1. The molecule has 0 spiro atoms. The van der Waals surface area contributed by atoms with Crippen molar-refractivity contribution in [2.24, 2.45) is 46.3 Å². The number of rotatable bonds is 4. The first kappa shape index (κ1) is 20.4. The lowest BCUT2D eigenvalue weighted by molar-refractivity contribution is -0.141. The predicted molar refractivity (Wildman–Crippen MR) is 111 cm³/mol. The van der Waals surface area contributed by atoms with Gasteiger partial charge in [0.1, 0.15) is 5.78 Å². The Morgan fingerprint density at radius 1 is 1.07 bits per heavy atom. The number of Topliss-reactive ketones (excluding diaryl/α,β-unsaturated/α-hetero) is 1. The monoisotopic (exact) mass is 388 g/mol. The molecule has 0 aromatic rings. The van der Waals surface area contributed by atoms with Gasteiger partial charge in [0.15, 0.2) is 0 Å². The summed E-state index contributed by atoms with van der Waals surface area (Å²) in [5, 5.41) is 0.